The van der Waals surface area contributed by atoms with Crippen molar-refractivity contribution in [3.63, 3.8) is 0 Å². The fourth-order valence-electron chi connectivity index (χ4n) is 2.48. The van der Waals surface area contributed by atoms with Gasteiger partial charge in [-0.2, -0.15) is 0 Å². The van der Waals surface area contributed by atoms with Crippen LogP contribution in [0.2, 0.25) is 0 Å². The van der Waals surface area contributed by atoms with Gasteiger partial charge in [-0.1, -0.05) is 40.2 Å². The van der Waals surface area contributed by atoms with E-state index in [2.05, 4.69) is 28.1 Å². The Bertz CT molecular complexity index is 587. The Morgan fingerprint density at radius 3 is 2.35 bits per heavy atom. The molecular weight excluding hydrogens is 319 g/mol. The molecule has 106 valence electrons. The fourth-order valence-corrected chi connectivity index (χ4v) is 3.11. The van der Waals surface area contributed by atoms with Crippen molar-refractivity contribution in [1.82, 2.24) is 0 Å². The van der Waals surface area contributed by atoms with Crippen LogP contribution in [0.25, 0.3) is 0 Å². The van der Waals surface area contributed by atoms with Gasteiger partial charge in [0.2, 0.25) is 0 Å². The average Bonchev–Trinajstić information content (AvgIpc) is 2.38. The molecule has 0 aliphatic rings. The molecule has 1 atom stereocenters. The third kappa shape index (κ3) is 3.40. The van der Waals surface area contributed by atoms with Crippen molar-refractivity contribution < 1.29 is 9.13 Å². The summed E-state index contributed by atoms with van der Waals surface area (Å²) in [4.78, 5) is 0.160. The lowest BCUT2D eigenvalue weighted by Crippen LogP contribution is -1.99. The number of hydrogen-bond donors (Lipinski definition) is 0. The largest absolute Gasteiger partial charge is 0.496 e. The van der Waals surface area contributed by atoms with Crippen LogP contribution in [0.3, 0.4) is 0 Å². The van der Waals surface area contributed by atoms with Gasteiger partial charge in [0.25, 0.3) is 0 Å². The second kappa shape index (κ2) is 6.40. The molecule has 0 N–H and O–H groups in total. The highest BCUT2D eigenvalue weighted by Gasteiger charge is 2.13. The van der Waals surface area contributed by atoms with Gasteiger partial charge in [0.15, 0.2) is 0 Å². The summed E-state index contributed by atoms with van der Waals surface area (Å²) in [7, 11) is 1.69. The molecular formula is C17H18BrFO. The average molecular weight is 337 g/mol. The maximum atomic E-state index is 13.2. The molecule has 20 heavy (non-hydrogen) atoms. The Kier molecular flexibility index (Phi) is 4.81. The molecule has 0 amide bonds. The first-order chi connectivity index (χ1) is 9.51. The molecule has 0 heterocycles. The zero-order valence-electron chi connectivity index (χ0n) is 11.9. The van der Waals surface area contributed by atoms with Crippen LogP contribution in [0.4, 0.5) is 4.39 Å². The molecule has 0 bridgehead atoms. The second-order valence-electron chi connectivity index (χ2n) is 4.99. The predicted octanol–water partition coefficient (Wildman–Crippen LogP) is 5.13. The van der Waals surface area contributed by atoms with Crippen LogP contribution in [0.5, 0.6) is 5.75 Å². The van der Waals surface area contributed by atoms with Gasteiger partial charge in [-0.05, 0) is 54.7 Å². The molecule has 0 saturated carbocycles. The molecule has 0 fully saturated rings. The van der Waals surface area contributed by atoms with Gasteiger partial charge in [0, 0.05) is 4.83 Å². The molecule has 0 radical (unpaired) electrons. The third-order valence-corrected chi connectivity index (χ3v) is 4.20. The number of alkyl halides is 1. The Balaban J connectivity index is 2.23. The van der Waals surface area contributed by atoms with E-state index in [4.69, 9.17) is 4.74 Å². The molecule has 0 aliphatic heterocycles. The standard InChI is InChI=1S/C17H18BrFO/c1-11-7-14(8-12(2)17(11)20-3)16(18)10-13-5-4-6-15(19)9-13/h4-9,16H,10H2,1-3H3. The highest BCUT2D eigenvalue weighted by molar-refractivity contribution is 9.09. The molecule has 0 aromatic heterocycles. The first-order valence-electron chi connectivity index (χ1n) is 6.55. The van der Waals surface area contributed by atoms with Crippen molar-refractivity contribution in [3.8, 4) is 5.75 Å². The number of benzene rings is 2. The van der Waals surface area contributed by atoms with Crippen LogP contribution in [-0.2, 0) is 6.42 Å². The summed E-state index contributed by atoms with van der Waals surface area (Å²) in [6.45, 7) is 4.08. The Morgan fingerprint density at radius 1 is 1.15 bits per heavy atom. The monoisotopic (exact) mass is 336 g/mol. The first-order valence-corrected chi connectivity index (χ1v) is 7.46. The molecule has 1 unspecified atom stereocenters. The van der Waals surface area contributed by atoms with E-state index in [-0.39, 0.29) is 10.6 Å². The third-order valence-electron chi connectivity index (χ3n) is 3.35. The van der Waals surface area contributed by atoms with Gasteiger partial charge >= 0.3 is 0 Å². The number of halogens is 2. The van der Waals surface area contributed by atoms with Crippen molar-refractivity contribution in [2.75, 3.05) is 7.11 Å². The van der Waals surface area contributed by atoms with E-state index >= 15 is 0 Å². The highest BCUT2D eigenvalue weighted by Crippen LogP contribution is 2.32. The number of rotatable bonds is 4. The normalized spacial score (nSPS) is 12.2. The molecule has 2 aromatic carbocycles. The van der Waals surface area contributed by atoms with Crippen molar-refractivity contribution in [2.24, 2.45) is 0 Å². The van der Waals surface area contributed by atoms with Crippen LogP contribution in [0.1, 0.15) is 27.1 Å². The molecule has 3 heteroatoms. The van der Waals surface area contributed by atoms with E-state index in [1.807, 2.05) is 19.9 Å². The number of ether oxygens (including phenoxy) is 1. The van der Waals surface area contributed by atoms with Gasteiger partial charge in [0.05, 0.1) is 7.11 Å². The van der Waals surface area contributed by atoms with Crippen LogP contribution in [0, 0.1) is 19.7 Å². The van der Waals surface area contributed by atoms with Gasteiger partial charge in [0.1, 0.15) is 11.6 Å². The fraction of sp³-hybridized carbons (Fsp3) is 0.294. The summed E-state index contributed by atoms with van der Waals surface area (Å²) >= 11 is 3.70. The number of methoxy groups -OCH3 is 1. The van der Waals surface area contributed by atoms with Crippen molar-refractivity contribution in [3.05, 3.63) is 64.5 Å². The quantitative estimate of drug-likeness (QED) is 0.703. The van der Waals surface area contributed by atoms with Gasteiger partial charge in [-0.15, -0.1) is 0 Å². The van der Waals surface area contributed by atoms with Crippen molar-refractivity contribution in [2.45, 2.75) is 25.1 Å². The van der Waals surface area contributed by atoms with E-state index in [0.29, 0.717) is 0 Å². The summed E-state index contributed by atoms with van der Waals surface area (Å²) < 4.78 is 18.6. The van der Waals surface area contributed by atoms with Crippen LogP contribution in [-0.4, -0.2) is 7.11 Å². The minimum Gasteiger partial charge on any atom is -0.496 e. The van der Waals surface area contributed by atoms with Crippen LogP contribution < -0.4 is 4.74 Å². The minimum atomic E-state index is -0.190. The summed E-state index contributed by atoms with van der Waals surface area (Å²) in [6, 6.07) is 11.0. The zero-order valence-corrected chi connectivity index (χ0v) is 13.5. The van der Waals surface area contributed by atoms with Crippen LogP contribution in [0.15, 0.2) is 36.4 Å². The lowest BCUT2D eigenvalue weighted by atomic mass is 9.99. The smallest absolute Gasteiger partial charge is 0.124 e. The minimum absolute atomic E-state index is 0.160. The zero-order chi connectivity index (χ0) is 14.7. The summed E-state index contributed by atoms with van der Waals surface area (Å²) in [6.07, 6.45) is 0.753. The SMILES string of the molecule is COc1c(C)cc(C(Br)Cc2cccc(F)c2)cc1C. The summed E-state index contributed by atoms with van der Waals surface area (Å²) in [5.41, 5.74) is 4.40. The van der Waals surface area contributed by atoms with E-state index in [1.165, 1.54) is 11.6 Å². The summed E-state index contributed by atoms with van der Waals surface area (Å²) in [5, 5.41) is 0. The highest BCUT2D eigenvalue weighted by atomic mass is 79.9. The van der Waals surface area contributed by atoms with Crippen molar-refractivity contribution >= 4 is 15.9 Å². The molecule has 0 aliphatic carbocycles. The first kappa shape index (κ1) is 15.0. The van der Waals surface area contributed by atoms with E-state index in [9.17, 15) is 4.39 Å². The Labute approximate surface area is 127 Å². The molecule has 0 saturated heterocycles. The molecule has 2 rings (SSSR count). The Morgan fingerprint density at radius 2 is 1.80 bits per heavy atom. The van der Waals surface area contributed by atoms with Gasteiger partial charge < -0.3 is 4.74 Å². The lowest BCUT2D eigenvalue weighted by molar-refractivity contribution is 0.408. The predicted molar refractivity (Wildman–Crippen MR) is 84.2 cm³/mol. The van der Waals surface area contributed by atoms with Gasteiger partial charge in [-0.3, -0.25) is 0 Å². The van der Waals surface area contributed by atoms with Crippen LogP contribution >= 0.6 is 15.9 Å². The van der Waals surface area contributed by atoms with Gasteiger partial charge in [-0.25, -0.2) is 4.39 Å². The maximum Gasteiger partial charge on any atom is 0.124 e. The number of aryl methyl sites for hydroxylation is 2. The lowest BCUT2D eigenvalue weighted by Gasteiger charge is -2.15. The molecule has 1 nitrogen and oxygen atoms in total. The Hall–Kier alpha value is -1.35. The van der Waals surface area contributed by atoms with E-state index in [0.717, 1.165) is 28.9 Å². The molecule has 0 spiro atoms. The second-order valence-corrected chi connectivity index (χ2v) is 6.09. The van der Waals surface area contributed by atoms with E-state index < -0.39 is 0 Å². The molecule has 2 aromatic rings. The maximum absolute atomic E-state index is 13.2. The van der Waals surface area contributed by atoms with E-state index in [1.54, 1.807) is 19.2 Å². The number of hydrogen-bond acceptors (Lipinski definition) is 1. The summed E-state index contributed by atoms with van der Waals surface area (Å²) in [5.74, 6) is 0.739. The van der Waals surface area contributed by atoms with Crippen molar-refractivity contribution in [1.29, 1.82) is 0 Å². The topological polar surface area (TPSA) is 9.23 Å².